The molecule has 0 unspecified atom stereocenters. The molecule has 2 rings (SSSR count). The van der Waals surface area contributed by atoms with Gasteiger partial charge in [-0.25, -0.2) is 4.79 Å². The molecule has 0 radical (unpaired) electrons. The predicted molar refractivity (Wildman–Crippen MR) is 99.1 cm³/mol. The van der Waals surface area contributed by atoms with Crippen molar-refractivity contribution in [3.8, 4) is 0 Å². The van der Waals surface area contributed by atoms with Crippen LogP contribution < -0.4 is 10.2 Å². The number of ether oxygens (including phenoxy) is 3. The van der Waals surface area contributed by atoms with Gasteiger partial charge in [0.25, 0.3) is 0 Å². The first-order valence-corrected chi connectivity index (χ1v) is 8.85. The smallest absolute Gasteiger partial charge is 0.332 e. The van der Waals surface area contributed by atoms with E-state index in [1.807, 2.05) is 24.3 Å². The molecule has 0 atom stereocenters. The predicted octanol–water partition coefficient (Wildman–Crippen LogP) is 2.34. The Bertz CT molecular complexity index is 621. The molecule has 1 N–H and O–H groups in total. The summed E-state index contributed by atoms with van der Waals surface area (Å²) >= 11 is 0. The third-order valence-corrected chi connectivity index (χ3v) is 3.77. The Labute approximate surface area is 153 Å². The van der Waals surface area contributed by atoms with Gasteiger partial charge in [-0.3, -0.25) is 4.79 Å². The highest BCUT2D eigenvalue weighted by Crippen LogP contribution is 2.20. The van der Waals surface area contributed by atoms with Crippen LogP contribution in [0, 0.1) is 0 Å². The van der Waals surface area contributed by atoms with Crippen LogP contribution in [0.3, 0.4) is 0 Å². The van der Waals surface area contributed by atoms with Crippen molar-refractivity contribution in [2.45, 2.75) is 20.3 Å². The molecule has 7 heteroatoms. The van der Waals surface area contributed by atoms with Crippen LogP contribution in [-0.2, 0) is 23.8 Å². The number of hydrogen-bond donors (Lipinski definition) is 1. The van der Waals surface area contributed by atoms with Crippen molar-refractivity contribution in [3.05, 3.63) is 36.0 Å². The molecule has 26 heavy (non-hydrogen) atoms. The van der Waals surface area contributed by atoms with Crippen LogP contribution in [0.4, 0.5) is 11.4 Å². The normalized spacial score (nSPS) is 14.7. The van der Waals surface area contributed by atoms with Gasteiger partial charge in [-0.1, -0.05) is 0 Å². The Morgan fingerprint density at radius 3 is 2.38 bits per heavy atom. The van der Waals surface area contributed by atoms with E-state index in [1.54, 1.807) is 13.8 Å². The van der Waals surface area contributed by atoms with E-state index in [4.69, 9.17) is 14.2 Å². The monoisotopic (exact) mass is 362 g/mol. The molecule has 1 saturated heterocycles. The van der Waals surface area contributed by atoms with Gasteiger partial charge < -0.3 is 24.4 Å². The lowest BCUT2D eigenvalue weighted by atomic mass is 10.2. The second kappa shape index (κ2) is 10.5. The third-order valence-electron chi connectivity index (χ3n) is 3.77. The number of hydrogen-bond acceptors (Lipinski definition) is 7. The summed E-state index contributed by atoms with van der Waals surface area (Å²) in [5.74, 6) is -0.898. The number of rotatable bonds is 8. The molecule has 0 spiro atoms. The molecule has 0 aromatic heterocycles. The number of carbonyl (C=O) groups is 2. The zero-order valence-electron chi connectivity index (χ0n) is 15.3. The molecule has 1 aromatic carbocycles. The molecule has 1 fully saturated rings. The molecular weight excluding hydrogens is 336 g/mol. The first kappa shape index (κ1) is 19.8. The average Bonchev–Trinajstić information content (AvgIpc) is 2.63. The Morgan fingerprint density at radius 1 is 1.12 bits per heavy atom. The van der Waals surface area contributed by atoms with Crippen molar-refractivity contribution in [2.75, 3.05) is 49.7 Å². The van der Waals surface area contributed by atoms with E-state index in [-0.39, 0.29) is 13.0 Å². The minimum absolute atomic E-state index is 0.0299. The van der Waals surface area contributed by atoms with E-state index in [1.165, 1.54) is 6.08 Å². The number of esters is 2. The Morgan fingerprint density at radius 2 is 1.77 bits per heavy atom. The van der Waals surface area contributed by atoms with Crippen LogP contribution in [-0.4, -0.2) is 51.5 Å². The van der Waals surface area contributed by atoms with Gasteiger partial charge in [-0.2, -0.15) is 0 Å². The van der Waals surface area contributed by atoms with Crippen molar-refractivity contribution < 1.29 is 23.8 Å². The SMILES string of the molecule is CCOC(=O)C=C(CC(=O)OCC)Nc1ccc(N2CCOCC2)cc1. The molecule has 1 aliphatic rings. The van der Waals surface area contributed by atoms with Crippen LogP contribution in [0.1, 0.15) is 20.3 Å². The van der Waals surface area contributed by atoms with E-state index < -0.39 is 11.9 Å². The minimum Gasteiger partial charge on any atom is -0.466 e. The molecule has 0 bridgehead atoms. The Hall–Kier alpha value is -2.54. The van der Waals surface area contributed by atoms with Crippen molar-refractivity contribution in [1.82, 2.24) is 0 Å². The highest BCUT2D eigenvalue weighted by atomic mass is 16.5. The summed E-state index contributed by atoms with van der Waals surface area (Å²) in [6.45, 7) is 7.22. The standard InChI is InChI=1S/C19H26N2O5/c1-3-25-18(22)13-16(14-19(23)26-4-2)20-15-5-7-17(8-6-15)21-9-11-24-12-10-21/h5-8,13,20H,3-4,9-12,14H2,1-2H3. The van der Waals surface area contributed by atoms with Gasteiger partial charge in [0.05, 0.1) is 32.8 Å². The van der Waals surface area contributed by atoms with Gasteiger partial charge in [0.2, 0.25) is 0 Å². The molecule has 1 aromatic rings. The summed E-state index contributed by atoms with van der Waals surface area (Å²) in [7, 11) is 0. The van der Waals surface area contributed by atoms with Gasteiger partial charge in [0.1, 0.15) is 0 Å². The molecule has 7 nitrogen and oxygen atoms in total. The average molecular weight is 362 g/mol. The van der Waals surface area contributed by atoms with Crippen LogP contribution in [0.25, 0.3) is 0 Å². The van der Waals surface area contributed by atoms with Gasteiger partial charge in [0.15, 0.2) is 0 Å². The summed E-state index contributed by atoms with van der Waals surface area (Å²) in [4.78, 5) is 25.8. The van der Waals surface area contributed by atoms with Crippen LogP contribution in [0.2, 0.25) is 0 Å². The van der Waals surface area contributed by atoms with E-state index in [9.17, 15) is 9.59 Å². The van der Waals surface area contributed by atoms with Gasteiger partial charge >= 0.3 is 11.9 Å². The van der Waals surface area contributed by atoms with E-state index >= 15 is 0 Å². The maximum absolute atomic E-state index is 11.8. The first-order valence-electron chi connectivity index (χ1n) is 8.85. The molecule has 142 valence electrons. The second-order valence-corrected chi connectivity index (χ2v) is 5.67. The maximum Gasteiger partial charge on any atom is 0.332 e. The largest absolute Gasteiger partial charge is 0.466 e. The lowest BCUT2D eigenvalue weighted by Gasteiger charge is -2.29. The summed E-state index contributed by atoms with van der Waals surface area (Å²) < 4.78 is 15.2. The highest BCUT2D eigenvalue weighted by Gasteiger charge is 2.12. The van der Waals surface area contributed by atoms with Gasteiger partial charge in [0, 0.05) is 36.2 Å². The number of anilines is 2. The summed E-state index contributed by atoms with van der Waals surface area (Å²) in [5, 5.41) is 3.10. The first-order chi connectivity index (χ1) is 12.6. The van der Waals surface area contributed by atoms with Crippen LogP contribution >= 0.6 is 0 Å². The number of carbonyl (C=O) groups excluding carboxylic acids is 2. The molecule has 1 aliphatic heterocycles. The fraction of sp³-hybridized carbons (Fsp3) is 0.474. The fourth-order valence-electron chi connectivity index (χ4n) is 2.59. The number of nitrogens with one attached hydrogen (secondary N) is 1. The zero-order valence-corrected chi connectivity index (χ0v) is 15.3. The topological polar surface area (TPSA) is 77.1 Å². The molecule has 0 amide bonds. The molecule has 0 aliphatic carbocycles. The summed E-state index contributed by atoms with van der Waals surface area (Å²) in [5.41, 5.74) is 2.32. The molecule has 0 saturated carbocycles. The number of morpholine rings is 1. The fourth-order valence-corrected chi connectivity index (χ4v) is 2.59. The van der Waals surface area contributed by atoms with E-state index in [2.05, 4.69) is 10.2 Å². The minimum atomic E-state index is -0.496. The lowest BCUT2D eigenvalue weighted by Crippen LogP contribution is -2.36. The molecule has 1 heterocycles. The quantitative estimate of drug-likeness (QED) is 0.562. The van der Waals surface area contributed by atoms with Crippen molar-refractivity contribution in [3.63, 3.8) is 0 Å². The molecular formula is C19H26N2O5. The second-order valence-electron chi connectivity index (χ2n) is 5.67. The zero-order chi connectivity index (χ0) is 18.8. The highest BCUT2D eigenvalue weighted by molar-refractivity contribution is 5.85. The van der Waals surface area contributed by atoms with Gasteiger partial charge in [-0.05, 0) is 38.1 Å². The van der Waals surface area contributed by atoms with Crippen molar-refractivity contribution in [2.24, 2.45) is 0 Å². The van der Waals surface area contributed by atoms with Crippen molar-refractivity contribution in [1.29, 1.82) is 0 Å². The van der Waals surface area contributed by atoms with E-state index in [0.717, 1.165) is 37.7 Å². The van der Waals surface area contributed by atoms with Gasteiger partial charge in [-0.15, -0.1) is 0 Å². The number of nitrogens with zero attached hydrogens (tertiary/aromatic N) is 1. The third kappa shape index (κ3) is 6.40. The lowest BCUT2D eigenvalue weighted by molar-refractivity contribution is -0.142. The summed E-state index contributed by atoms with van der Waals surface area (Å²) in [6, 6.07) is 7.82. The van der Waals surface area contributed by atoms with Crippen LogP contribution in [0.5, 0.6) is 0 Å². The van der Waals surface area contributed by atoms with E-state index in [0.29, 0.717) is 12.3 Å². The number of benzene rings is 1. The van der Waals surface area contributed by atoms with Crippen LogP contribution in [0.15, 0.2) is 36.0 Å². The summed E-state index contributed by atoms with van der Waals surface area (Å²) in [6.07, 6.45) is 1.26. The maximum atomic E-state index is 11.8. The Balaban J connectivity index is 2.05. The van der Waals surface area contributed by atoms with Crippen molar-refractivity contribution >= 4 is 23.3 Å². The Kier molecular flexibility index (Phi) is 7.95.